The first-order valence-corrected chi connectivity index (χ1v) is 7.52. The zero-order valence-corrected chi connectivity index (χ0v) is 13.5. The van der Waals surface area contributed by atoms with Crippen molar-refractivity contribution in [2.75, 3.05) is 13.1 Å². The third-order valence-corrected chi connectivity index (χ3v) is 4.12. The van der Waals surface area contributed by atoms with Crippen molar-refractivity contribution in [3.8, 4) is 0 Å². The van der Waals surface area contributed by atoms with Crippen molar-refractivity contribution in [1.29, 1.82) is 0 Å². The first-order chi connectivity index (χ1) is 9.01. The average molecular weight is 296 g/mol. The van der Waals surface area contributed by atoms with Gasteiger partial charge in [0.25, 0.3) is 0 Å². The van der Waals surface area contributed by atoms with Crippen molar-refractivity contribution in [3.05, 3.63) is 0 Å². The summed E-state index contributed by atoms with van der Waals surface area (Å²) >= 11 is 0. The van der Waals surface area contributed by atoms with E-state index in [9.17, 15) is 13.2 Å². The Hall–Kier alpha value is -0.290. The predicted molar refractivity (Wildman–Crippen MR) is 78.5 cm³/mol. The van der Waals surface area contributed by atoms with Gasteiger partial charge in [0.05, 0.1) is 0 Å². The van der Waals surface area contributed by atoms with E-state index < -0.39 is 18.1 Å². The molecule has 0 fully saturated rings. The smallest absolute Gasteiger partial charge is 0.329 e. The highest BCUT2D eigenvalue weighted by atomic mass is 19.4. The number of alkyl halides is 3. The van der Waals surface area contributed by atoms with Crippen molar-refractivity contribution in [2.24, 2.45) is 23.5 Å². The number of hydrogen-bond donors (Lipinski definition) is 2. The van der Waals surface area contributed by atoms with Gasteiger partial charge in [0.2, 0.25) is 0 Å². The van der Waals surface area contributed by atoms with Crippen LogP contribution < -0.4 is 11.1 Å². The van der Waals surface area contributed by atoms with E-state index in [1.54, 1.807) is 0 Å². The molecule has 20 heavy (non-hydrogen) atoms. The van der Waals surface area contributed by atoms with Gasteiger partial charge in [0.1, 0.15) is 0 Å². The van der Waals surface area contributed by atoms with Crippen LogP contribution in [0.25, 0.3) is 0 Å². The second kappa shape index (κ2) is 8.23. The topological polar surface area (TPSA) is 38.0 Å². The van der Waals surface area contributed by atoms with Gasteiger partial charge in [-0.3, -0.25) is 0 Å². The number of nitrogens with two attached hydrogens (primary N) is 1. The second-order valence-electron chi connectivity index (χ2n) is 6.77. The summed E-state index contributed by atoms with van der Waals surface area (Å²) in [6.45, 7) is 11.8. The van der Waals surface area contributed by atoms with Crippen LogP contribution in [0.4, 0.5) is 13.2 Å². The molecule has 5 heteroatoms. The molecule has 0 rings (SSSR count). The Morgan fingerprint density at radius 2 is 1.50 bits per heavy atom. The van der Waals surface area contributed by atoms with Crippen LogP contribution in [-0.2, 0) is 0 Å². The summed E-state index contributed by atoms with van der Waals surface area (Å²) in [5.41, 5.74) is 5.34. The van der Waals surface area contributed by atoms with Crippen molar-refractivity contribution < 1.29 is 13.2 Å². The van der Waals surface area contributed by atoms with Crippen molar-refractivity contribution in [3.63, 3.8) is 0 Å². The highest BCUT2D eigenvalue weighted by Gasteiger charge is 2.30. The van der Waals surface area contributed by atoms with Crippen LogP contribution in [0.2, 0.25) is 0 Å². The Morgan fingerprint density at radius 3 is 1.85 bits per heavy atom. The monoisotopic (exact) mass is 296 g/mol. The SMILES string of the molecule is CC(C)C(CNC(C)(CN)CCCC(F)(F)F)C(C)C. The third kappa shape index (κ3) is 8.10. The van der Waals surface area contributed by atoms with Crippen LogP contribution in [0.1, 0.15) is 53.9 Å². The van der Waals surface area contributed by atoms with Gasteiger partial charge >= 0.3 is 6.18 Å². The molecule has 0 aliphatic heterocycles. The van der Waals surface area contributed by atoms with Gasteiger partial charge in [-0.1, -0.05) is 27.7 Å². The fourth-order valence-corrected chi connectivity index (χ4v) is 2.55. The minimum absolute atomic E-state index is 0.123. The molecule has 0 saturated carbocycles. The molecule has 122 valence electrons. The summed E-state index contributed by atoms with van der Waals surface area (Å²) in [4.78, 5) is 0. The minimum atomic E-state index is -4.08. The summed E-state index contributed by atoms with van der Waals surface area (Å²) < 4.78 is 36.6. The van der Waals surface area contributed by atoms with Gasteiger partial charge in [-0.25, -0.2) is 0 Å². The Bertz CT molecular complexity index is 256. The van der Waals surface area contributed by atoms with Gasteiger partial charge in [-0.2, -0.15) is 13.2 Å². The molecular weight excluding hydrogens is 265 g/mol. The van der Waals surface area contributed by atoms with Crippen molar-refractivity contribution >= 4 is 0 Å². The van der Waals surface area contributed by atoms with E-state index in [4.69, 9.17) is 5.73 Å². The fraction of sp³-hybridized carbons (Fsp3) is 1.00. The molecule has 0 amide bonds. The highest BCUT2D eigenvalue weighted by Crippen LogP contribution is 2.25. The molecule has 0 spiro atoms. The molecule has 0 radical (unpaired) electrons. The molecule has 0 bridgehead atoms. The first kappa shape index (κ1) is 19.7. The summed E-state index contributed by atoms with van der Waals surface area (Å²) in [6, 6.07) is 0. The molecule has 0 aromatic heterocycles. The molecule has 0 aliphatic carbocycles. The molecule has 3 N–H and O–H groups in total. The lowest BCUT2D eigenvalue weighted by molar-refractivity contribution is -0.136. The van der Waals surface area contributed by atoms with Gasteiger partial charge < -0.3 is 11.1 Å². The molecule has 0 saturated heterocycles. The summed E-state index contributed by atoms with van der Waals surface area (Å²) in [5.74, 6) is 1.59. The normalized spacial score (nSPS) is 16.2. The van der Waals surface area contributed by atoms with E-state index in [1.807, 2.05) is 6.92 Å². The Labute approximate surface area is 121 Å². The molecular formula is C15H31F3N2. The zero-order valence-electron chi connectivity index (χ0n) is 13.5. The van der Waals surface area contributed by atoms with Crippen molar-refractivity contribution in [1.82, 2.24) is 5.32 Å². The van der Waals surface area contributed by atoms with E-state index in [0.29, 0.717) is 30.7 Å². The quantitative estimate of drug-likeness (QED) is 0.676. The molecule has 1 atom stereocenters. The van der Waals surface area contributed by atoms with Gasteiger partial charge in [0.15, 0.2) is 0 Å². The van der Waals surface area contributed by atoms with Crippen LogP contribution >= 0.6 is 0 Å². The lowest BCUT2D eigenvalue weighted by atomic mass is 9.84. The average Bonchev–Trinajstić information content (AvgIpc) is 2.26. The molecule has 0 aliphatic rings. The van der Waals surface area contributed by atoms with Crippen LogP contribution in [0.3, 0.4) is 0 Å². The van der Waals surface area contributed by atoms with E-state index in [2.05, 4.69) is 33.0 Å². The van der Waals surface area contributed by atoms with Crippen LogP contribution in [0, 0.1) is 17.8 Å². The molecule has 2 nitrogen and oxygen atoms in total. The number of nitrogens with one attached hydrogen (secondary N) is 1. The first-order valence-electron chi connectivity index (χ1n) is 7.52. The third-order valence-electron chi connectivity index (χ3n) is 4.12. The van der Waals surface area contributed by atoms with Gasteiger partial charge in [-0.15, -0.1) is 0 Å². The molecule has 0 aromatic rings. The van der Waals surface area contributed by atoms with Crippen molar-refractivity contribution in [2.45, 2.75) is 65.6 Å². The maximum Gasteiger partial charge on any atom is 0.389 e. The largest absolute Gasteiger partial charge is 0.389 e. The predicted octanol–water partition coefficient (Wildman–Crippen LogP) is 3.95. The lowest BCUT2D eigenvalue weighted by Gasteiger charge is -2.34. The summed E-state index contributed by atoms with van der Waals surface area (Å²) in [5, 5.41) is 3.40. The number of halogens is 3. The second-order valence-corrected chi connectivity index (χ2v) is 6.77. The Morgan fingerprint density at radius 1 is 1.00 bits per heavy atom. The van der Waals surface area contributed by atoms with Crippen LogP contribution in [-0.4, -0.2) is 24.8 Å². The van der Waals surface area contributed by atoms with Gasteiger partial charge in [0, 0.05) is 18.5 Å². The Balaban J connectivity index is 4.36. The minimum Gasteiger partial charge on any atom is -0.329 e. The van der Waals surface area contributed by atoms with Crippen LogP contribution in [0.15, 0.2) is 0 Å². The van der Waals surface area contributed by atoms with Crippen LogP contribution in [0.5, 0.6) is 0 Å². The number of hydrogen-bond acceptors (Lipinski definition) is 2. The fourth-order valence-electron chi connectivity index (χ4n) is 2.55. The molecule has 0 aromatic carbocycles. The maximum atomic E-state index is 12.2. The van der Waals surface area contributed by atoms with E-state index >= 15 is 0 Å². The Kier molecular flexibility index (Phi) is 8.11. The number of rotatable bonds is 9. The highest BCUT2D eigenvalue weighted by molar-refractivity contribution is 4.86. The van der Waals surface area contributed by atoms with Gasteiger partial charge in [-0.05, 0) is 44.1 Å². The molecule has 0 heterocycles. The standard InChI is InChI=1S/C15H31F3N2/c1-11(2)13(12(3)4)9-20-14(5,10-19)7-6-8-15(16,17)18/h11-13,20H,6-10,19H2,1-5H3. The maximum absolute atomic E-state index is 12.2. The van der Waals surface area contributed by atoms with E-state index in [-0.39, 0.29) is 6.42 Å². The molecule has 1 unspecified atom stereocenters. The van der Waals surface area contributed by atoms with E-state index in [1.165, 1.54) is 0 Å². The van der Waals surface area contributed by atoms with E-state index in [0.717, 1.165) is 6.54 Å². The summed E-state index contributed by atoms with van der Waals surface area (Å²) in [7, 11) is 0. The lowest BCUT2D eigenvalue weighted by Crippen LogP contribution is -2.51. The summed E-state index contributed by atoms with van der Waals surface area (Å²) in [6.07, 6.45) is -4.24. The zero-order chi connectivity index (χ0) is 16.0.